The number of aliphatic carboxylic acids is 1. The zero-order chi connectivity index (χ0) is 32.2. The quantitative estimate of drug-likeness (QED) is 0.0454. The first kappa shape index (κ1) is 41.9. The fourth-order valence-corrected chi connectivity index (χ4v) is 5.28. The Morgan fingerprint density at radius 1 is 0.500 bits per heavy atom. The summed E-state index contributed by atoms with van der Waals surface area (Å²) in [5.41, 5.74) is 0. The molecule has 0 aromatic carbocycles. The number of hydrogen-bond acceptors (Lipinski definition) is 3. The number of hydrogen-bond donors (Lipinski definition) is 1. The van der Waals surface area contributed by atoms with E-state index in [1.54, 1.807) is 0 Å². The molecule has 0 spiro atoms. The Morgan fingerprint density at radius 3 is 1.41 bits per heavy atom. The van der Waals surface area contributed by atoms with Crippen molar-refractivity contribution in [3.8, 4) is 0 Å². The second-order valence-electron chi connectivity index (χ2n) is 12.4. The highest BCUT2D eigenvalue weighted by molar-refractivity contribution is 5.69. The van der Waals surface area contributed by atoms with Crippen LogP contribution in [-0.4, -0.2) is 23.1 Å². The van der Waals surface area contributed by atoms with Gasteiger partial charge in [-0.3, -0.25) is 9.59 Å². The lowest BCUT2D eigenvalue weighted by Crippen LogP contribution is -2.18. The Labute approximate surface area is 272 Å². The summed E-state index contributed by atoms with van der Waals surface area (Å²) in [5, 5.41) is 8.75. The topological polar surface area (TPSA) is 63.6 Å². The van der Waals surface area contributed by atoms with Crippen LogP contribution in [-0.2, 0) is 14.3 Å². The van der Waals surface area contributed by atoms with Crippen molar-refractivity contribution in [3.05, 3.63) is 48.6 Å². The monoisotopic (exact) mass is 615 g/mol. The maximum absolute atomic E-state index is 12.6. The highest BCUT2D eigenvalue weighted by atomic mass is 16.5. The van der Waals surface area contributed by atoms with Gasteiger partial charge in [0.05, 0.1) is 0 Å². The molecular formula is C40H70O4. The van der Waals surface area contributed by atoms with E-state index in [1.165, 1.54) is 57.8 Å². The van der Waals surface area contributed by atoms with E-state index in [2.05, 4.69) is 62.5 Å². The lowest BCUT2D eigenvalue weighted by Gasteiger charge is -2.18. The van der Waals surface area contributed by atoms with E-state index in [9.17, 15) is 9.59 Å². The first-order valence-electron chi connectivity index (χ1n) is 18.6. The lowest BCUT2D eigenvalue weighted by molar-refractivity contribution is -0.150. The van der Waals surface area contributed by atoms with Gasteiger partial charge in [-0.25, -0.2) is 0 Å². The molecular weight excluding hydrogens is 544 g/mol. The maximum Gasteiger partial charge on any atom is 0.306 e. The van der Waals surface area contributed by atoms with Gasteiger partial charge in [-0.2, -0.15) is 0 Å². The molecule has 254 valence electrons. The van der Waals surface area contributed by atoms with E-state index in [-0.39, 0.29) is 18.5 Å². The predicted molar refractivity (Wildman–Crippen MR) is 190 cm³/mol. The van der Waals surface area contributed by atoms with E-state index in [0.29, 0.717) is 6.42 Å². The van der Waals surface area contributed by atoms with Crippen LogP contribution in [0.15, 0.2) is 48.6 Å². The minimum absolute atomic E-state index is 0.0209. The molecule has 0 radical (unpaired) electrons. The molecule has 0 fully saturated rings. The molecule has 0 saturated carbocycles. The van der Waals surface area contributed by atoms with E-state index in [1.807, 2.05) is 0 Å². The van der Waals surface area contributed by atoms with Gasteiger partial charge in [-0.1, -0.05) is 140 Å². The number of allylic oxidation sites excluding steroid dienone is 8. The second-order valence-corrected chi connectivity index (χ2v) is 12.4. The van der Waals surface area contributed by atoms with Crippen LogP contribution in [0.4, 0.5) is 0 Å². The van der Waals surface area contributed by atoms with Crippen LogP contribution in [0.5, 0.6) is 0 Å². The number of esters is 1. The third kappa shape index (κ3) is 34.4. The smallest absolute Gasteiger partial charge is 0.306 e. The van der Waals surface area contributed by atoms with Crippen molar-refractivity contribution in [1.29, 1.82) is 0 Å². The average molecular weight is 615 g/mol. The number of rotatable bonds is 33. The van der Waals surface area contributed by atoms with Crippen molar-refractivity contribution in [1.82, 2.24) is 0 Å². The zero-order valence-electron chi connectivity index (χ0n) is 29.0. The van der Waals surface area contributed by atoms with Gasteiger partial charge in [0.2, 0.25) is 0 Å². The number of carboxylic acid groups (broad SMARTS) is 1. The summed E-state index contributed by atoms with van der Waals surface area (Å²) in [4.78, 5) is 23.2. The molecule has 0 aliphatic carbocycles. The molecule has 0 amide bonds. The lowest BCUT2D eigenvalue weighted by atomic mass is 10.0. The van der Waals surface area contributed by atoms with Crippen LogP contribution in [0.25, 0.3) is 0 Å². The Hall–Kier alpha value is -2.10. The van der Waals surface area contributed by atoms with Gasteiger partial charge < -0.3 is 9.84 Å². The number of unbranched alkanes of at least 4 members (excludes halogenated alkanes) is 16. The first-order chi connectivity index (χ1) is 21.6. The van der Waals surface area contributed by atoms with E-state index >= 15 is 0 Å². The van der Waals surface area contributed by atoms with Gasteiger partial charge in [0.15, 0.2) is 0 Å². The van der Waals surface area contributed by atoms with Crippen LogP contribution < -0.4 is 0 Å². The van der Waals surface area contributed by atoms with Gasteiger partial charge in [-0.05, 0) is 83.5 Å². The van der Waals surface area contributed by atoms with Gasteiger partial charge in [0.25, 0.3) is 0 Å². The molecule has 1 unspecified atom stereocenters. The van der Waals surface area contributed by atoms with Crippen molar-refractivity contribution < 1.29 is 19.4 Å². The Morgan fingerprint density at radius 2 is 0.886 bits per heavy atom. The Bertz CT molecular complexity index is 748. The molecule has 0 heterocycles. The van der Waals surface area contributed by atoms with Crippen LogP contribution in [0.2, 0.25) is 0 Å². The summed E-state index contributed by atoms with van der Waals surface area (Å²) < 4.78 is 5.95. The highest BCUT2D eigenvalue weighted by Crippen LogP contribution is 2.18. The van der Waals surface area contributed by atoms with Gasteiger partial charge in [-0.15, -0.1) is 0 Å². The van der Waals surface area contributed by atoms with Crippen LogP contribution in [0.1, 0.15) is 187 Å². The SMILES string of the molecule is CCCCC/C=C\C/C=C\C/C=C\C/C=C\CCCCCC(=O)OC(CCCCCCCC)CCCCCCCCC(=O)O. The van der Waals surface area contributed by atoms with Crippen LogP contribution >= 0.6 is 0 Å². The number of carboxylic acids is 1. The van der Waals surface area contributed by atoms with Crippen LogP contribution in [0, 0.1) is 0 Å². The van der Waals surface area contributed by atoms with Crippen molar-refractivity contribution >= 4 is 11.9 Å². The Balaban J connectivity index is 4.00. The van der Waals surface area contributed by atoms with E-state index in [4.69, 9.17) is 9.84 Å². The van der Waals surface area contributed by atoms with E-state index < -0.39 is 5.97 Å². The van der Waals surface area contributed by atoms with Crippen LogP contribution in [0.3, 0.4) is 0 Å². The van der Waals surface area contributed by atoms with Crippen molar-refractivity contribution in [2.45, 2.75) is 193 Å². The third-order valence-electron chi connectivity index (χ3n) is 8.05. The Kier molecular flexibility index (Phi) is 33.7. The molecule has 1 atom stereocenters. The van der Waals surface area contributed by atoms with Gasteiger partial charge >= 0.3 is 11.9 Å². The molecule has 0 rings (SSSR count). The summed E-state index contributed by atoms with van der Waals surface area (Å²) >= 11 is 0. The molecule has 0 aromatic rings. The molecule has 4 heteroatoms. The van der Waals surface area contributed by atoms with Crippen molar-refractivity contribution in [2.24, 2.45) is 0 Å². The molecule has 0 saturated heterocycles. The van der Waals surface area contributed by atoms with Gasteiger partial charge in [0.1, 0.15) is 6.10 Å². The largest absolute Gasteiger partial charge is 0.481 e. The molecule has 0 aliphatic heterocycles. The highest BCUT2D eigenvalue weighted by Gasteiger charge is 2.14. The maximum atomic E-state index is 12.6. The predicted octanol–water partition coefficient (Wildman–Crippen LogP) is 12.8. The minimum atomic E-state index is -0.698. The van der Waals surface area contributed by atoms with Crippen molar-refractivity contribution in [3.63, 3.8) is 0 Å². The molecule has 0 aromatic heterocycles. The van der Waals surface area contributed by atoms with Crippen molar-refractivity contribution in [2.75, 3.05) is 0 Å². The summed E-state index contributed by atoms with van der Waals surface area (Å²) in [7, 11) is 0. The molecule has 1 N–H and O–H groups in total. The molecule has 4 nitrogen and oxygen atoms in total. The average Bonchev–Trinajstić information content (AvgIpc) is 3.01. The molecule has 0 aliphatic rings. The standard InChI is InChI=1S/C40H70O4/c1-3-5-7-9-11-12-13-14-15-16-17-18-19-20-21-22-23-29-33-37-40(43)44-38(34-30-26-10-8-6-4-2)35-31-27-24-25-28-32-36-39(41)42/h11-12,14-15,17-18,20-21,38H,3-10,13,16,19,22-37H2,1-2H3,(H,41,42)/b12-11-,15-14-,18-17-,21-20-. The first-order valence-corrected chi connectivity index (χ1v) is 18.6. The summed E-state index contributed by atoms with van der Waals surface area (Å²) in [6, 6.07) is 0. The number of carbonyl (C=O) groups excluding carboxylic acids is 1. The number of ether oxygens (including phenoxy) is 1. The summed E-state index contributed by atoms with van der Waals surface area (Å²) in [6.45, 7) is 4.49. The number of carbonyl (C=O) groups is 2. The van der Waals surface area contributed by atoms with Gasteiger partial charge in [0, 0.05) is 12.8 Å². The fourth-order valence-electron chi connectivity index (χ4n) is 5.28. The zero-order valence-corrected chi connectivity index (χ0v) is 29.0. The summed E-state index contributed by atoms with van der Waals surface area (Å²) in [5.74, 6) is -0.719. The summed E-state index contributed by atoms with van der Waals surface area (Å²) in [6.07, 6.45) is 47.0. The fraction of sp³-hybridized carbons (Fsp3) is 0.750. The van der Waals surface area contributed by atoms with E-state index in [0.717, 1.165) is 103 Å². The molecule has 44 heavy (non-hydrogen) atoms. The normalized spacial score (nSPS) is 12.8. The molecule has 0 bridgehead atoms. The second kappa shape index (κ2) is 35.4. The third-order valence-corrected chi connectivity index (χ3v) is 8.05. The minimum Gasteiger partial charge on any atom is -0.481 e.